The standard InChI is InChI=1S/C17H24N4O.2ClH/c22-17(21-10-7-14-4-5-15(12-21)19-14)13-3-6-16(18-11-13)20-8-1-2-9-20;;/h3,6,11,14-15,19H,1-2,4-5,7-10,12H2;2*1H. The highest BCUT2D eigenvalue weighted by Gasteiger charge is 2.31. The molecule has 4 heterocycles. The molecule has 3 aliphatic heterocycles. The van der Waals surface area contributed by atoms with Crippen LogP contribution in [-0.2, 0) is 0 Å². The summed E-state index contributed by atoms with van der Waals surface area (Å²) >= 11 is 0. The van der Waals surface area contributed by atoms with Gasteiger partial charge in [-0.2, -0.15) is 0 Å². The number of nitrogens with zero attached hydrogens (tertiary/aromatic N) is 3. The number of hydrogen-bond acceptors (Lipinski definition) is 4. The summed E-state index contributed by atoms with van der Waals surface area (Å²) in [6.07, 6.45) is 7.77. The fourth-order valence-corrected chi connectivity index (χ4v) is 3.96. The average Bonchev–Trinajstić information content (AvgIpc) is 3.17. The van der Waals surface area contributed by atoms with Gasteiger partial charge >= 0.3 is 0 Å². The normalized spacial score (nSPS) is 25.7. The molecular formula is C17H26Cl2N4O. The van der Waals surface area contributed by atoms with Gasteiger partial charge in [0.25, 0.3) is 5.91 Å². The molecule has 3 saturated heterocycles. The Morgan fingerprint density at radius 2 is 1.79 bits per heavy atom. The molecule has 5 nitrogen and oxygen atoms in total. The highest BCUT2D eigenvalue weighted by molar-refractivity contribution is 5.94. The third kappa shape index (κ3) is 3.95. The first-order valence-corrected chi connectivity index (χ1v) is 8.56. The minimum Gasteiger partial charge on any atom is -0.357 e. The number of carbonyl (C=O) groups excluding carboxylic acids is 1. The van der Waals surface area contributed by atoms with Crippen LogP contribution in [0.2, 0.25) is 0 Å². The van der Waals surface area contributed by atoms with E-state index < -0.39 is 0 Å². The molecule has 24 heavy (non-hydrogen) atoms. The quantitative estimate of drug-likeness (QED) is 0.866. The third-order valence-electron chi connectivity index (χ3n) is 5.24. The van der Waals surface area contributed by atoms with Gasteiger partial charge in [0.15, 0.2) is 0 Å². The van der Waals surface area contributed by atoms with E-state index in [-0.39, 0.29) is 30.7 Å². The number of aromatic nitrogens is 1. The highest BCUT2D eigenvalue weighted by atomic mass is 35.5. The number of likely N-dealkylation sites (tertiary alicyclic amines) is 1. The Bertz CT molecular complexity index is 548. The van der Waals surface area contributed by atoms with Crippen LogP contribution >= 0.6 is 24.8 Å². The molecule has 7 heteroatoms. The fraction of sp³-hybridized carbons (Fsp3) is 0.647. The number of pyridine rings is 1. The van der Waals surface area contributed by atoms with Gasteiger partial charge < -0.3 is 15.1 Å². The maximum Gasteiger partial charge on any atom is 0.255 e. The summed E-state index contributed by atoms with van der Waals surface area (Å²) in [6, 6.07) is 5.03. The van der Waals surface area contributed by atoms with Crippen molar-refractivity contribution in [3.05, 3.63) is 23.9 Å². The van der Waals surface area contributed by atoms with Gasteiger partial charge in [0.05, 0.1) is 5.56 Å². The molecule has 0 saturated carbocycles. The Balaban J connectivity index is 0.00000104. The zero-order valence-corrected chi connectivity index (χ0v) is 15.5. The Morgan fingerprint density at radius 3 is 2.50 bits per heavy atom. The number of nitrogens with one attached hydrogen (secondary N) is 1. The molecule has 2 unspecified atom stereocenters. The smallest absolute Gasteiger partial charge is 0.255 e. The zero-order valence-electron chi connectivity index (χ0n) is 13.8. The van der Waals surface area contributed by atoms with E-state index in [1.54, 1.807) is 6.20 Å². The van der Waals surface area contributed by atoms with Gasteiger partial charge in [-0.1, -0.05) is 0 Å². The summed E-state index contributed by atoms with van der Waals surface area (Å²) in [5, 5.41) is 3.62. The molecular weight excluding hydrogens is 347 g/mol. The SMILES string of the molecule is Cl.Cl.O=C(c1ccc(N2CCCC2)nc1)N1CCC2CCC(C1)N2. The van der Waals surface area contributed by atoms with E-state index in [9.17, 15) is 4.79 Å². The van der Waals surface area contributed by atoms with E-state index in [0.29, 0.717) is 12.1 Å². The molecule has 0 radical (unpaired) electrons. The van der Waals surface area contributed by atoms with Crippen LogP contribution < -0.4 is 10.2 Å². The van der Waals surface area contributed by atoms with Crippen LogP contribution in [0.1, 0.15) is 42.5 Å². The van der Waals surface area contributed by atoms with E-state index in [4.69, 9.17) is 0 Å². The number of fused-ring (bicyclic) bond motifs is 2. The van der Waals surface area contributed by atoms with Crippen molar-refractivity contribution in [2.24, 2.45) is 0 Å². The second kappa shape index (κ2) is 8.37. The van der Waals surface area contributed by atoms with Gasteiger partial charge in [0.1, 0.15) is 5.82 Å². The summed E-state index contributed by atoms with van der Waals surface area (Å²) in [4.78, 5) is 21.5. The molecule has 2 bridgehead atoms. The topological polar surface area (TPSA) is 48.5 Å². The van der Waals surface area contributed by atoms with Crippen LogP contribution in [0.3, 0.4) is 0 Å². The van der Waals surface area contributed by atoms with E-state index in [1.807, 2.05) is 17.0 Å². The summed E-state index contributed by atoms with van der Waals surface area (Å²) in [7, 11) is 0. The number of amides is 1. The Hall–Kier alpha value is -1.04. The lowest BCUT2D eigenvalue weighted by Gasteiger charge is -2.24. The lowest BCUT2D eigenvalue weighted by atomic mass is 10.1. The van der Waals surface area contributed by atoms with Crippen LogP contribution in [0, 0.1) is 0 Å². The number of anilines is 1. The van der Waals surface area contributed by atoms with Crippen molar-refractivity contribution in [1.82, 2.24) is 15.2 Å². The van der Waals surface area contributed by atoms with Crippen molar-refractivity contribution >= 4 is 36.5 Å². The highest BCUT2D eigenvalue weighted by Crippen LogP contribution is 2.22. The van der Waals surface area contributed by atoms with E-state index in [1.165, 1.54) is 25.7 Å². The monoisotopic (exact) mass is 372 g/mol. The van der Waals surface area contributed by atoms with E-state index >= 15 is 0 Å². The van der Waals surface area contributed by atoms with Crippen molar-refractivity contribution in [3.63, 3.8) is 0 Å². The maximum atomic E-state index is 12.7. The van der Waals surface area contributed by atoms with Crippen LogP contribution in [0.5, 0.6) is 0 Å². The molecule has 1 aromatic heterocycles. The molecule has 1 N–H and O–H groups in total. The van der Waals surface area contributed by atoms with Gasteiger partial charge in [-0.3, -0.25) is 4.79 Å². The first-order chi connectivity index (χ1) is 10.8. The molecule has 134 valence electrons. The maximum absolute atomic E-state index is 12.7. The molecule has 1 aromatic rings. The molecule has 3 fully saturated rings. The molecule has 0 spiro atoms. The van der Waals surface area contributed by atoms with Gasteiger partial charge in [-0.25, -0.2) is 4.98 Å². The molecule has 4 rings (SSSR count). The molecule has 0 aromatic carbocycles. The van der Waals surface area contributed by atoms with Gasteiger partial charge in [-0.05, 0) is 44.2 Å². The Labute approximate surface area is 156 Å². The van der Waals surface area contributed by atoms with Gasteiger partial charge in [0, 0.05) is 44.5 Å². The number of halogens is 2. The average molecular weight is 373 g/mol. The zero-order chi connectivity index (χ0) is 14.9. The Kier molecular flexibility index (Phi) is 6.72. The molecule has 3 aliphatic rings. The second-order valence-electron chi connectivity index (χ2n) is 6.78. The lowest BCUT2D eigenvalue weighted by Crippen LogP contribution is -2.39. The summed E-state index contributed by atoms with van der Waals surface area (Å²) in [6.45, 7) is 3.87. The van der Waals surface area contributed by atoms with E-state index in [2.05, 4.69) is 15.2 Å². The van der Waals surface area contributed by atoms with Gasteiger partial charge in [-0.15, -0.1) is 24.8 Å². The van der Waals surface area contributed by atoms with Crippen LogP contribution in [0.25, 0.3) is 0 Å². The third-order valence-corrected chi connectivity index (χ3v) is 5.24. The van der Waals surface area contributed by atoms with Crippen molar-refractivity contribution < 1.29 is 4.79 Å². The molecule has 0 aliphatic carbocycles. The fourth-order valence-electron chi connectivity index (χ4n) is 3.96. The molecule has 1 amide bonds. The summed E-state index contributed by atoms with van der Waals surface area (Å²) < 4.78 is 0. The second-order valence-corrected chi connectivity index (χ2v) is 6.78. The van der Waals surface area contributed by atoms with Crippen LogP contribution in [0.15, 0.2) is 18.3 Å². The van der Waals surface area contributed by atoms with Crippen LogP contribution in [-0.4, -0.2) is 54.1 Å². The summed E-state index contributed by atoms with van der Waals surface area (Å²) in [5.74, 6) is 1.14. The van der Waals surface area contributed by atoms with Crippen LogP contribution in [0.4, 0.5) is 5.82 Å². The van der Waals surface area contributed by atoms with Gasteiger partial charge in [0.2, 0.25) is 0 Å². The predicted molar refractivity (Wildman–Crippen MR) is 101 cm³/mol. The first kappa shape index (κ1) is 19.3. The van der Waals surface area contributed by atoms with Crippen molar-refractivity contribution in [1.29, 1.82) is 0 Å². The first-order valence-electron chi connectivity index (χ1n) is 8.56. The lowest BCUT2D eigenvalue weighted by molar-refractivity contribution is 0.0748. The minimum absolute atomic E-state index is 0. The number of hydrogen-bond donors (Lipinski definition) is 1. The van der Waals surface area contributed by atoms with Crippen molar-refractivity contribution in [2.45, 2.75) is 44.2 Å². The van der Waals surface area contributed by atoms with Crippen molar-refractivity contribution in [3.8, 4) is 0 Å². The minimum atomic E-state index is 0. The number of rotatable bonds is 2. The summed E-state index contributed by atoms with van der Waals surface area (Å²) in [5.41, 5.74) is 0.723. The van der Waals surface area contributed by atoms with E-state index in [0.717, 1.165) is 44.0 Å². The predicted octanol–water partition coefficient (Wildman–Crippen LogP) is 2.49. The largest absolute Gasteiger partial charge is 0.357 e. The van der Waals surface area contributed by atoms with Crippen molar-refractivity contribution in [2.75, 3.05) is 31.1 Å². The Morgan fingerprint density at radius 1 is 1.04 bits per heavy atom. The molecule has 2 atom stereocenters. The number of carbonyl (C=O) groups is 1.